The first kappa shape index (κ1) is 59.1. The van der Waals surface area contributed by atoms with Gasteiger partial charge in [-0.15, -0.1) is 0 Å². The molecule has 0 saturated heterocycles. The molecule has 0 aliphatic heterocycles. The molecule has 0 radical (unpaired) electrons. The van der Waals surface area contributed by atoms with Crippen molar-refractivity contribution in [2.45, 2.75) is 141 Å². The normalized spacial score (nSPS) is 15.6. The van der Waals surface area contributed by atoms with Gasteiger partial charge in [-0.2, -0.15) is 0 Å². The summed E-state index contributed by atoms with van der Waals surface area (Å²) >= 11 is 12.2. The van der Waals surface area contributed by atoms with Crippen molar-refractivity contribution in [2.24, 2.45) is 0 Å². The zero-order chi connectivity index (χ0) is 51.2. The molecule has 8 nitrogen and oxygen atoms in total. The van der Waals surface area contributed by atoms with E-state index in [0.717, 1.165) is 35.1 Å². The van der Waals surface area contributed by atoms with E-state index in [2.05, 4.69) is 12.2 Å². The lowest BCUT2D eigenvalue weighted by Crippen LogP contribution is -2.37. The molecule has 0 aromatic heterocycles. The van der Waals surface area contributed by atoms with E-state index < -0.39 is 54.3 Å². The number of halogens is 2. The van der Waals surface area contributed by atoms with Crippen molar-refractivity contribution in [3.8, 4) is 0 Å². The smallest absolute Gasteiger partial charge is 0.303 e. The van der Waals surface area contributed by atoms with Gasteiger partial charge in [0.25, 0.3) is 0 Å². The van der Waals surface area contributed by atoms with Crippen molar-refractivity contribution in [1.29, 1.82) is 0 Å². The summed E-state index contributed by atoms with van der Waals surface area (Å²) in [6.45, 7) is 21.7. The molecule has 68 heavy (non-hydrogen) atoms. The molecule has 4 atom stereocenters. The van der Waals surface area contributed by atoms with Crippen LogP contribution in [0.4, 0.5) is 0 Å². The van der Waals surface area contributed by atoms with Crippen LogP contribution in [0.2, 0.25) is 10.0 Å². The standard InChI is InChI=1S/C56H70Cl2O8S2/c1-39(2)19-15-25-43(7)37-53(67(61,62)51-33-29-49(57)30-34-51)55(65-47(11)59)45(9)27-17-23-41(5)21-13-14-22-42(6)24-18-28-46(10)56(66-48(12)60)54(38-44(8)26-16-20-40(3)4)68(63,64)52-35-31-50(58)32-36-52/h13-14,17-24,27-38,53-56H,15-16,25-26H2,1-12H3/b14-13+,23-17+,24-18+,41-21+,42-22+,43-37+,44-38+,45-27+,46-28+. The molecular weight excluding hydrogens is 936 g/mol. The fourth-order valence-corrected chi connectivity index (χ4v) is 10.7. The summed E-state index contributed by atoms with van der Waals surface area (Å²) in [6, 6.07) is 11.9. The van der Waals surface area contributed by atoms with Gasteiger partial charge in [-0.3, -0.25) is 9.59 Å². The van der Waals surface area contributed by atoms with Crippen LogP contribution in [0.15, 0.2) is 188 Å². The van der Waals surface area contributed by atoms with Crippen LogP contribution < -0.4 is 0 Å². The highest BCUT2D eigenvalue weighted by Crippen LogP contribution is 2.30. The predicted octanol–water partition coefficient (Wildman–Crippen LogP) is 14.7. The molecule has 0 spiro atoms. The second-order valence-corrected chi connectivity index (χ2v) is 22.5. The summed E-state index contributed by atoms with van der Waals surface area (Å²) in [5.74, 6) is -1.21. The van der Waals surface area contributed by atoms with Crippen LogP contribution in [0.1, 0.15) is 109 Å². The molecule has 0 amide bonds. The minimum atomic E-state index is -4.03. The fraction of sp³-hybridized carbons (Fsp3) is 0.357. The van der Waals surface area contributed by atoms with Crippen LogP contribution in [-0.2, 0) is 38.7 Å². The predicted molar refractivity (Wildman–Crippen MR) is 283 cm³/mol. The van der Waals surface area contributed by atoms with E-state index in [4.69, 9.17) is 32.7 Å². The Hall–Kier alpha value is -5.00. The number of hydrogen-bond acceptors (Lipinski definition) is 8. The lowest BCUT2D eigenvalue weighted by atomic mass is 10.0. The van der Waals surface area contributed by atoms with Crippen molar-refractivity contribution in [3.63, 3.8) is 0 Å². The van der Waals surface area contributed by atoms with Gasteiger partial charge in [0.15, 0.2) is 19.7 Å². The molecule has 368 valence electrons. The lowest BCUT2D eigenvalue weighted by molar-refractivity contribution is -0.145. The summed E-state index contributed by atoms with van der Waals surface area (Å²) in [5.41, 5.74) is 6.94. The van der Waals surface area contributed by atoms with Gasteiger partial charge in [-0.05, 0) is 155 Å². The molecule has 0 bridgehead atoms. The van der Waals surface area contributed by atoms with E-state index in [1.165, 1.54) is 73.5 Å². The van der Waals surface area contributed by atoms with Gasteiger partial charge in [-0.1, -0.05) is 142 Å². The maximum absolute atomic E-state index is 14.2. The minimum Gasteiger partial charge on any atom is -0.456 e. The number of allylic oxidation sites excluding steroid dienone is 18. The number of benzene rings is 2. The molecule has 4 unspecified atom stereocenters. The van der Waals surface area contributed by atoms with Crippen molar-refractivity contribution in [2.75, 3.05) is 0 Å². The van der Waals surface area contributed by atoms with E-state index in [-0.39, 0.29) is 9.79 Å². The zero-order valence-electron chi connectivity index (χ0n) is 41.7. The van der Waals surface area contributed by atoms with Crippen LogP contribution in [0, 0.1) is 0 Å². The summed E-state index contributed by atoms with van der Waals surface area (Å²) in [6.07, 6.45) is 26.5. The van der Waals surface area contributed by atoms with E-state index in [1.54, 1.807) is 50.3 Å². The number of esters is 2. The molecule has 2 aromatic carbocycles. The third kappa shape index (κ3) is 21.1. The summed E-state index contributed by atoms with van der Waals surface area (Å²) in [7, 11) is -8.06. The van der Waals surface area contributed by atoms with Crippen LogP contribution in [0.3, 0.4) is 0 Å². The second-order valence-electron chi connectivity index (χ2n) is 17.4. The quantitative estimate of drug-likeness (QED) is 0.0579. The van der Waals surface area contributed by atoms with Gasteiger partial charge in [0, 0.05) is 23.9 Å². The first-order valence-corrected chi connectivity index (χ1v) is 26.4. The topological polar surface area (TPSA) is 121 Å². The summed E-state index contributed by atoms with van der Waals surface area (Å²) in [4.78, 5) is 25.0. The third-order valence-corrected chi connectivity index (χ3v) is 15.0. The van der Waals surface area contributed by atoms with E-state index in [1.807, 2.05) is 91.8 Å². The van der Waals surface area contributed by atoms with Crippen molar-refractivity contribution < 1.29 is 35.9 Å². The monoisotopic (exact) mass is 1000 g/mol. The minimum absolute atomic E-state index is 0.0717. The molecular formula is C56H70Cl2O8S2. The van der Waals surface area contributed by atoms with Crippen molar-refractivity contribution >= 4 is 54.8 Å². The lowest BCUT2D eigenvalue weighted by Gasteiger charge is -2.26. The van der Waals surface area contributed by atoms with Crippen molar-refractivity contribution in [3.05, 3.63) is 188 Å². The molecule has 0 heterocycles. The Morgan fingerprint density at radius 1 is 0.500 bits per heavy atom. The molecule has 0 saturated carbocycles. The molecule has 0 aliphatic rings. The molecule has 2 rings (SSSR count). The maximum Gasteiger partial charge on any atom is 0.303 e. The summed E-state index contributed by atoms with van der Waals surface area (Å²) in [5, 5.41) is -1.57. The number of rotatable bonds is 24. The number of carbonyl (C=O) groups is 2. The first-order chi connectivity index (χ1) is 31.8. The van der Waals surface area contributed by atoms with Crippen LogP contribution >= 0.6 is 23.2 Å². The number of carbonyl (C=O) groups excluding carboxylic acids is 2. The van der Waals surface area contributed by atoms with Crippen molar-refractivity contribution in [1.82, 2.24) is 0 Å². The Kier molecular flexibility index (Phi) is 25.3. The highest BCUT2D eigenvalue weighted by atomic mass is 35.5. The fourth-order valence-electron chi connectivity index (χ4n) is 6.76. The zero-order valence-corrected chi connectivity index (χ0v) is 44.8. The highest BCUT2D eigenvalue weighted by molar-refractivity contribution is 7.92. The second kappa shape index (κ2) is 29.1. The average Bonchev–Trinajstić information content (AvgIpc) is 3.24. The Morgan fingerprint density at radius 2 is 0.824 bits per heavy atom. The SMILES string of the molecule is CC(=O)OC(/C(C)=C/C=C/C(C)=C/C=C/C=C(C)/C=C/C=C(\C)C(OC(C)=O)C(/C=C(\C)CCC=C(C)C)S(=O)(=O)c1ccc(Cl)cc1)C(/C=C(\C)CCC=C(C)C)S(=O)(=O)c1ccc(Cl)cc1. The molecule has 0 N–H and O–H groups in total. The summed E-state index contributed by atoms with van der Waals surface area (Å²) < 4.78 is 68.3. The number of ether oxygens (including phenoxy) is 2. The van der Waals surface area contributed by atoms with E-state index in [9.17, 15) is 26.4 Å². The Labute approximate surface area is 417 Å². The average molecular weight is 1010 g/mol. The van der Waals surface area contributed by atoms with Gasteiger partial charge in [0.2, 0.25) is 0 Å². The molecule has 12 heteroatoms. The van der Waals surface area contributed by atoms with Gasteiger partial charge >= 0.3 is 11.9 Å². The molecule has 0 fully saturated rings. The largest absolute Gasteiger partial charge is 0.456 e. The van der Waals surface area contributed by atoms with Crippen LogP contribution in [-0.4, -0.2) is 51.5 Å². The van der Waals surface area contributed by atoms with Gasteiger partial charge < -0.3 is 9.47 Å². The molecule has 0 aliphatic carbocycles. The third-order valence-electron chi connectivity index (χ3n) is 10.4. The Bertz CT molecular complexity index is 2430. The van der Waals surface area contributed by atoms with E-state index in [0.29, 0.717) is 34.0 Å². The maximum atomic E-state index is 14.2. The van der Waals surface area contributed by atoms with Gasteiger partial charge in [0.05, 0.1) is 9.79 Å². The Balaban J connectivity index is 2.40. The van der Waals surface area contributed by atoms with Crippen LogP contribution in [0.25, 0.3) is 0 Å². The van der Waals surface area contributed by atoms with E-state index >= 15 is 0 Å². The highest BCUT2D eigenvalue weighted by Gasteiger charge is 2.38. The first-order valence-electron chi connectivity index (χ1n) is 22.5. The molecule has 2 aromatic rings. The Morgan fingerprint density at radius 3 is 1.12 bits per heavy atom. The van der Waals surface area contributed by atoms with Gasteiger partial charge in [-0.25, -0.2) is 16.8 Å². The van der Waals surface area contributed by atoms with Gasteiger partial charge in [0.1, 0.15) is 22.7 Å². The number of hydrogen-bond donors (Lipinski definition) is 0. The number of sulfone groups is 2. The van der Waals surface area contributed by atoms with Crippen LogP contribution in [0.5, 0.6) is 0 Å².